The lowest BCUT2D eigenvalue weighted by Crippen LogP contribution is -2.41. The average molecular weight is 243 g/mol. The van der Waals surface area contributed by atoms with Crippen molar-refractivity contribution in [1.29, 1.82) is 0 Å². The van der Waals surface area contributed by atoms with E-state index in [2.05, 4.69) is 12.1 Å². The molecule has 0 saturated heterocycles. The van der Waals surface area contributed by atoms with Crippen LogP contribution in [-0.4, -0.2) is 34.9 Å². The first-order chi connectivity index (χ1) is 7.97. The zero-order valence-corrected chi connectivity index (χ0v) is 11.3. The molecule has 2 atom stereocenters. The van der Waals surface area contributed by atoms with Crippen molar-refractivity contribution < 1.29 is 10.0 Å². The number of carbonyl (C=O) groups is 1. The van der Waals surface area contributed by atoms with Gasteiger partial charge in [0.1, 0.15) is 5.84 Å². The van der Waals surface area contributed by atoms with Crippen molar-refractivity contribution in [2.75, 3.05) is 13.1 Å². The minimum absolute atomic E-state index is 0.0411. The van der Waals surface area contributed by atoms with E-state index in [1.165, 1.54) is 0 Å². The van der Waals surface area contributed by atoms with E-state index in [-0.39, 0.29) is 23.6 Å². The standard InChI is InChI=1S/C12H25N3O2/c1-5-7-9(3)12(16)15(6-2)8-10(4)11(13)14-17/h9-10,17H,5-8H2,1-4H3,(H2,13,14). The zero-order valence-electron chi connectivity index (χ0n) is 11.3. The van der Waals surface area contributed by atoms with E-state index in [0.717, 1.165) is 12.8 Å². The Morgan fingerprint density at radius 3 is 2.35 bits per heavy atom. The van der Waals surface area contributed by atoms with Crippen molar-refractivity contribution in [1.82, 2.24) is 4.90 Å². The third-order valence-electron chi connectivity index (χ3n) is 2.95. The molecule has 100 valence electrons. The van der Waals surface area contributed by atoms with Gasteiger partial charge in [0.2, 0.25) is 5.91 Å². The highest BCUT2D eigenvalue weighted by molar-refractivity contribution is 5.83. The molecule has 0 spiro atoms. The number of hydrogen-bond acceptors (Lipinski definition) is 3. The minimum atomic E-state index is -0.127. The van der Waals surface area contributed by atoms with Crippen molar-refractivity contribution in [2.24, 2.45) is 22.7 Å². The van der Waals surface area contributed by atoms with Gasteiger partial charge in [0.15, 0.2) is 0 Å². The van der Waals surface area contributed by atoms with Crippen molar-refractivity contribution in [2.45, 2.75) is 40.5 Å². The van der Waals surface area contributed by atoms with E-state index in [1.54, 1.807) is 4.90 Å². The average Bonchev–Trinajstić information content (AvgIpc) is 2.33. The van der Waals surface area contributed by atoms with E-state index < -0.39 is 0 Å². The second-order valence-corrected chi connectivity index (χ2v) is 4.49. The van der Waals surface area contributed by atoms with Crippen LogP contribution in [0.15, 0.2) is 5.16 Å². The summed E-state index contributed by atoms with van der Waals surface area (Å²) in [5, 5.41) is 11.6. The van der Waals surface area contributed by atoms with Crippen molar-refractivity contribution in [3.05, 3.63) is 0 Å². The molecule has 17 heavy (non-hydrogen) atoms. The SMILES string of the molecule is CCCC(C)C(=O)N(CC)CC(C)/C(N)=N/O. The molecule has 3 N–H and O–H groups in total. The maximum absolute atomic E-state index is 12.1. The molecular weight excluding hydrogens is 218 g/mol. The van der Waals surface area contributed by atoms with Crippen LogP contribution >= 0.6 is 0 Å². The molecule has 5 nitrogen and oxygen atoms in total. The number of oxime groups is 1. The summed E-state index contributed by atoms with van der Waals surface area (Å²) in [5.41, 5.74) is 5.52. The molecule has 0 saturated carbocycles. The molecule has 0 aliphatic carbocycles. The van der Waals surface area contributed by atoms with Gasteiger partial charge < -0.3 is 15.8 Å². The quantitative estimate of drug-likeness (QED) is 0.309. The first-order valence-electron chi connectivity index (χ1n) is 6.24. The van der Waals surface area contributed by atoms with Gasteiger partial charge >= 0.3 is 0 Å². The Hall–Kier alpha value is -1.26. The predicted molar refractivity (Wildman–Crippen MR) is 68.9 cm³/mol. The molecule has 0 aliphatic rings. The topological polar surface area (TPSA) is 78.9 Å². The maximum atomic E-state index is 12.1. The molecule has 0 rings (SSSR count). The fraction of sp³-hybridized carbons (Fsp3) is 0.833. The summed E-state index contributed by atoms with van der Waals surface area (Å²) >= 11 is 0. The molecule has 5 heteroatoms. The fourth-order valence-electron chi connectivity index (χ4n) is 1.77. The summed E-state index contributed by atoms with van der Waals surface area (Å²) in [5.74, 6) is 0.225. The number of nitrogens with zero attached hydrogens (tertiary/aromatic N) is 2. The summed E-state index contributed by atoms with van der Waals surface area (Å²) in [6.07, 6.45) is 1.90. The lowest BCUT2D eigenvalue weighted by atomic mass is 10.0. The molecule has 0 aliphatic heterocycles. The Kier molecular flexibility index (Phi) is 7.34. The van der Waals surface area contributed by atoms with E-state index in [1.807, 2.05) is 20.8 Å². The highest BCUT2D eigenvalue weighted by Crippen LogP contribution is 2.11. The molecule has 0 radical (unpaired) electrons. The van der Waals surface area contributed by atoms with Crippen molar-refractivity contribution in [3.8, 4) is 0 Å². The molecule has 0 aromatic carbocycles. The fourth-order valence-corrected chi connectivity index (χ4v) is 1.77. The van der Waals surface area contributed by atoms with Crippen LogP contribution in [0.25, 0.3) is 0 Å². The summed E-state index contributed by atoms with van der Waals surface area (Å²) in [7, 11) is 0. The Labute approximate surface area is 104 Å². The number of nitrogens with two attached hydrogens (primary N) is 1. The zero-order chi connectivity index (χ0) is 13.4. The Morgan fingerprint density at radius 1 is 1.35 bits per heavy atom. The van der Waals surface area contributed by atoms with Crippen molar-refractivity contribution >= 4 is 11.7 Å². The van der Waals surface area contributed by atoms with Crippen LogP contribution in [-0.2, 0) is 4.79 Å². The van der Waals surface area contributed by atoms with E-state index in [4.69, 9.17) is 10.9 Å². The third-order valence-corrected chi connectivity index (χ3v) is 2.95. The van der Waals surface area contributed by atoms with Crippen LogP contribution in [0.5, 0.6) is 0 Å². The lowest BCUT2D eigenvalue weighted by Gasteiger charge is -2.26. The number of amidine groups is 1. The summed E-state index contributed by atoms with van der Waals surface area (Å²) in [6, 6.07) is 0. The summed E-state index contributed by atoms with van der Waals surface area (Å²) < 4.78 is 0. The molecule has 0 aromatic heterocycles. The monoisotopic (exact) mass is 243 g/mol. The lowest BCUT2D eigenvalue weighted by molar-refractivity contribution is -0.135. The van der Waals surface area contributed by atoms with E-state index >= 15 is 0 Å². The van der Waals surface area contributed by atoms with Gasteiger partial charge in [0.05, 0.1) is 0 Å². The number of amides is 1. The molecule has 1 amide bonds. The van der Waals surface area contributed by atoms with Gasteiger partial charge in [-0.15, -0.1) is 0 Å². The Bertz CT molecular complexity index is 266. The van der Waals surface area contributed by atoms with Gasteiger partial charge in [0, 0.05) is 24.9 Å². The van der Waals surface area contributed by atoms with Gasteiger partial charge in [-0.25, -0.2) is 0 Å². The van der Waals surface area contributed by atoms with Gasteiger partial charge in [-0.1, -0.05) is 32.3 Å². The normalized spacial score (nSPS) is 15.4. The second-order valence-electron chi connectivity index (χ2n) is 4.49. The van der Waals surface area contributed by atoms with Crippen molar-refractivity contribution in [3.63, 3.8) is 0 Å². The van der Waals surface area contributed by atoms with Crippen LogP contribution in [0.4, 0.5) is 0 Å². The first kappa shape index (κ1) is 15.7. The molecule has 0 bridgehead atoms. The maximum Gasteiger partial charge on any atom is 0.225 e. The molecule has 0 aromatic rings. The van der Waals surface area contributed by atoms with Crippen LogP contribution in [0.2, 0.25) is 0 Å². The minimum Gasteiger partial charge on any atom is -0.409 e. The molecule has 0 heterocycles. The highest BCUT2D eigenvalue weighted by atomic mass is 16.4. The molecule has 0 fully saturated rings. The smallest absolute Gasteiger partial charge is 0.225 e. The van der Waals surface area contributed by atoms with E-state index in [0.29, 0.717) is 13.1 Å². The number of carbonyl (C=O) groups excluding carboxylic acids is 1. The third kappa shape index (κ3) is 5.06. The molecular formula is C12H25N3O2. The molecule has 2 unspecified atom stereocenters. The van der Waals surface area contributed by atoms with Crippen LogP contribution in [0, 0.1) is 11.8 Å². The predicted octanol–water partition coefficient (Wildman–Crippen LogP) is 1.65. The van der Waals surface area contributed by atoms with Gasteiger partial charge in [-0.05, 0) is 13.3 Å². The summed E-state index contributed by atoms with van der Waals surface area (Å²) in [4.78, 5) is 13.9. The van der Waals surface area contributed by atoms with E-state index in [9.17, 15) is 4.79 Å². The van der Waals surface area contributed by atoms with Gasteiger partial charge in [0.25, 0.3) is 0 Å². The van der Waals surface area contributed by atoms with Gasteiger partial charge in [-0.2, -0.15) is 0 Å². The Morgan fingerprint density at radius 2 is 1.94 bits per heavy atom. The van der Waals surface area contributed by atoms with Crippen LogP contribution in [0.3, 0.4) is 0 Å². The highest BCUT2D eigenvalue weighted by Gasteiger charge is 2.21. The Balaban J connectivity index is 4.47. The summed E-state index contributed by atoms with van der Waals surface area (Å²) in [6.45, 7) is 8.95. The first-order valence-corrected chi connectivity index (χ1v) is 6.24. The number of hydrogen-bond donors (Lipinski definition) is 2. The largest absolute Gasteiger partial charge is 0.409 e. The second kappa shape index (κ2) is 7.92. The van der Waals surface area contributed by atoms with Crippen LogP contribution < -0.4 is 5.73 Å². The van der Waals surface area contributed by atoms with Crippen LogP contribution in [0.1, 0.15) is 40.5 Å². The van der Waals surface area contributed by atoms with Gasteiger partial charge in [-0.3, -0.25) is 4.79 Å². The number of rotatable bonds is 7.